The highest BCUT2D eigenvalue weighted by molar-refractivity contribution is 6.35. The van der Waals surface area contributed by atoms with E-state index >= 15 is 4.39 Å². The number of ether oxygens (including phenoxy) is 4. The maximum atomic E-state index is 15.0. The second kappa shape index (κ2) is 17.3. The number of benzene rings is 3. The fraction of sp³-hybridized carbons (Fsp3) is 0.324. The van der Waals surface area contributed by atoms with Gasteiger partial charge in [0.1, 0.15) is 28.1 Å². The first kappa shape index (κ1) is 34.5. The molecule has 3 aliphatic heterocycles. The van der Waals surface area contributed by atoms with Crippen molar-refractivity contribution in [3.05, 3.63) is 117 Å². The first-order valence-corrected chi connectivity index (χ1v) is 16.9. The Morgan fingerprint density at radius 1 is 1.02 bits per heavy atom. The molecule has 2 bridgehead atoms. The molecule has 2 N–H and O–H groups in total. The zero-order chi connectivity index (χ0) is 38.6. The van der Waals surface area contributed by atoms with Crippen LogP contribution >= 0.6 is 23.2 Å². The largest absolute Gasteiger partial charge is 0.870 e. The molecule has 15 heteroatoms. The summed E-state index contributed by atoms with van der Waals surface area (Å²) in [6.07, 6.45) is 2.48. The molecule has 3 aromatic carbocycles. The molecule has 2 atom stereocenters. The number of rotatable bonds is 12. The first-order valence-electron chi connectivity index (χ1n) is 17.6. The van der Waals surface area contributed by atoms with Crippen molar-refractivity contribution >= 4 is 41.0 Å². The number of amides is 1. The number of hydrogen-bond acceptors (Lipinski definition) is 8. The lowest BCUT2D eigenvalue weighted by Crippen LogP contribution is -2.53. The van der Waals surface area contributed by atoms with Crippen LogP contribution in [0.1, 0.15) is 50.1 Å². The lowest BCUT2D eigenvalue weighted by atomic mass is 9.86. The Morgan fingerprint density at radius 3 is 2.37 bits per heavy atom. The number of carbonyl (C=O) groups is 2. The van der Waals surface area contributed by atoms with Crippen molar-refractivity contribution < 1.29 is 56.3 Å². The highest BCUT2D eigenvalue weighted by atomic mass is 35.5. The molecule has 0 unspecified atom stereocenters. The molecular formula is C37H36Cl2F3N3O7. The predicted octanol–water partition coefficient (Wildman–Crippen LogP) is 7.76. The Balaban J connectivity index is 0.00000580. The number of halogens is 5. The number of anilines is 1. The molecule has 52 heavy (non-hydrogen) atoms. The summed E-state index contributed by atoms with van der Waals surface area (Å²) in [4.78, 5) is 33.5. The van der Waals surface area contributed by atoms with Gasteiger partial charge in [-0.25, -0.2) is 19.0 Å². The van der Waals surface area contributed by atoms with Crippen LogP contribution in [-0.2, 0) is 22.4 Å². The molecule has 0 saturated carbocycles. The summed E-state index contributed by atoms with van der Waals surface area (Å²) in [6, 6.07) is 15.5. The number of nitrogens with one attached hydrogen (secondary N) is 1. The van der Waals surface area contributed by atoms with E-state index in [4.69, 9.17) is 41.5 Å². The van der Waals surface area contributed by atoms with E-state index in [1.807, 2.05) is 0 Å². The number of hydrogen-bond donors (Lipinski definition) is 0. The number of pyridine rings is 1. The minimum Gasteiger partial charge on any atom is -0.870 e. The monoisotopic (exact) mass is 764 g/mol. The molecule has 3 fully saturated rings. The van der Waals surface area contributed by atoms with Crippen molar-refractivity contribution in [1.82, 2.24) is 4.90 Å². The second-order valence-electron chi connectivity index (χ2n) is 12.2. The minimum absolute atomic E-state index is 0. The third-order valence-corrected chi connectivity index (χ3v) is 9.72. The summed E-state index contributed by atoms with van der Waals surface area (Å²) in [5.41, 5.74) is 1.21. The van der Waals surface area contributed by atoms with Gasteiger partial charge in [0.05, 0.1) is 28.9 Å². The van der Waals surface area contributed by atoms with Gasteiger partial charge < -0.3 is 24.4 Å². The predicted molar refractivity (Wildman–Crippen MR) is 185 cm³/mol. The van der Waals surface area contributed by atoms with Crippen molar-refractivity contribution in [2.45, 2.75) is 44.6 Å². The fourth-order valence-corrected chi connectivity index (χ4v) is 6.90. The van der Waals surface area contributed by atoms with Crippen molar-refractivity contribution in [2.75, 3.05) is 31.6 Å². The van der Waals surface area contributed by atoms with Gasteiger partial charge in [0, 0.05) is 18.5 Å². The number of para-hydroxylation sites is 1. The van der Waals surface area contributed by atoms with Crippen LogP contribution in [0.15, 0.2) is 79.1 Å². The highest BCUT2D eigenvalue weighted by Crippen LogP contribution is 2.36. The third-order valence-electron chi connectivity index (χ3n) is 9.04. The number of carbonyl (C=O) groups excluding carboxylic acids is 2. The van der Waals surface area contributed by atoms with Crippen molar-refractivity contribution in [3.8, 4) is 11.5 Å². The second-order valence-corrected chi connectivity index (χ2v) is 13.0. The van der Waals surface area contributed by atoms with Crippen LogP contribution in [0, 0.1) is 11.7 Å². The van der Waals surface area contributed by atoms with Gasteiger partial charge in [-0.05, 0) is 79.4 Å². The van der Waals surface area contributed by atoms with Crippen LogP contribution in [-0.4, -0.2) is 61.8 Å². The normalized spacial score (nSPS) is 19.3. The van der Waals surface area contributed by atoms with Gasteiger partial charge in [-0.3, -0.25) is 9.80 Å². The summed E-state index contributed by atoms with van der Waals surface area (Å²) < 4.78 is 85.1. The molecule has 4 heterocycles. The van der Waals surface area contributed by atoms with Crippen LogP contribution in [0.25, 0.3) is 0 Å². The van der Waals surface area contributed by atoms with E-state index in [-0.39, 0.29) is 57.3 Å². The van der Waals surface area contributed by atoms with Gasteiger partial charge in [-0.1, -0.05) is 53.5 Å². The molecule has 1 aromatic heterocycles. The Bertz CT molecular complexity index is 1950. The van der Waals surface area contributed by atoms with Crippen LogP contribution in [0.4, 0.5) is 23.7 Å². The Morgan fingerprint density at radius 2 is 1.73 bits per heavy atom. The van der Waals surface area contributed by atoms with E-state index in [1.54, 1.807) is 18.2 Å². The van der Waals surface area contributed by atoms with Crippen molar-refractivity contribution in [1.29, 1.82) is 0 Å². The average molecular weight is 766 g/mol. The number of aromatic amines is 1. The van der Waals surface area contributed by atoms with E-state index in [1.165, 1.54) is 53.7 Å². The van der Waals surface area contributed by atoms with Crippen LogP contribution in [0.3, 0.4) is 0 Å². The molecule has 10 nitrogen and oxygen atoms in total. The summed E-state index contributed by atoms with van der Waals surface area (Å²) in [6.45, 7) is -0.804. The molecular weight excluding hydrogens is 726 g/mol. The number of fused-ring (bicyclic) bond motifs is 3. The van der Waals surface area contributed by atoms with E-state index in [0.29, 0.717) is 17.7 Å². The zero-order valence-electron chi connectivity index (χ0n) is 30.4. The van der Waals surface area contributed by atoms with Crippen LogP contribution in [0.5, 0.6) is 11.5 Å². The maximum absolute atomic E-state index is 15.0. The summed E-state index contributed by atoms with van der Waals surface area (Å²) in [7, 11) is -3.03. The number of methoxy groups -OCH3 is 1. The lowest BCUT2D eigenvalue weighted by molar-refractivity contribution is -0.377. The summed E-state index contributed by atoms with van der Waals surface area (Å²) in [5, 5.41) is 0.409. The standard InChI is InChI=1S/C37H34Cl2F3N3O6.H2O/c1-48-33-16-25(10-11-31(33)50-36(41)42)32(17-26-27(38)18-43-19-28(26)39)49-35(46)24-8-6-22(7-9-24)20-45(30-5-3-2-4-29(30)40)37(47)51-34-21-44-14-12-23(34)13-15-44;/h2-11,16,18-19,23,32,34,36H,12-15,17,20-21H2,1H3;1H2/t32-,34-;/m0./s1/i1D3;. The number of alkyl halides is 2. The zero-order valence-corrected chi connectivity index (χ0v) is 29.0. The van der Waals surface area contributed by atoms with Gasteiger partial charge in [-0.2, -0.15) is 8.78 Å². The average Bonchev–Trinajstić information content (AvgIpc) is 3.12. The summed E-state index contributed by atoms with van der Waals surface area (Å²) in [5.74, 6) is -2.27. The molecule has 276 valence electrons. The quantitative estimate of drug-likeness (QED) is 0.134. The smallest absolute Gasteiger partial charge is 0.415 e. The van der Waals surface area contributed by atoms with Gasteiger partial charge in [-0.15, -0.1) is 0 Å². The fourth-order valence-electron chi connectivity index (χ4n) is 6.36. The molecule has 0 aliphatic carbocycles. The lowest BCUT2D eigenvalue weighted by Gasteiger charge is -2.44. The Kier molecular flexibility index (Phi) is 11.5. The molecule has 0 spiro atoms. The molecule has 4 aromatic rings. The highest BCUT2D eigenvalue weighted by Gasteiger charge is 2.38. The molecule has 3 saturated heterocycles. The number of piperidine rings is 3. The number of nitrogens with zero attached hydrogens (tertiary/aromatic N) is 2. The van der Waals surface area contributed by atoms with Gasteiger partial charge >= 0.3 is 18.7 Å². The minimum atomic E-state index is -3.28. The maximum Gasteiger partial charge on any atom is 0.415 e. The number of esters is 1. The Labute approximate surface area is 312 Å². The van der Waals surface area contributed by atoms with E-state index in [2.05, 4.69) is 14.6 Å². The summed E-state index contributed by atoms with van der Waals surface area (Å²) >= 11 is 12.8. The molecule has 7 rings (SSSR count). The number of H-pyrrole nitrogens is 1. The van der Waals surface area contributed by atoms with Crippen molar-refractivity contribution in [2.24, 2.45) is 5.92 Å². The molecule has 3 aliphatic rings. The van der Waals surface area contributed by atoms with E-state index in [9.17, 15) is 18.4 Å². The molecule has 1 amide bonds. The SMILES string of the molecule is [2H]C([2H])([2H])Oc1cc([C@H](Cc2c(Cl)c[nH+]cc2Cl)OC(=O)c2ccc(CN(C(=O)O[C@H]3CN4CCC3CC4)c3ccccc3F)cc2)ccc1OC(F)F.[OH-]. The number of aromatic nitrogens is 1. The van der Waals surface area contributed by atoms with Crippen LogP contribution < -0.4 is 19.4 Å². The molecule has 0 radical (unpaired) electrons. The van der Waals surface area contributed by atoms with E-state index in [0.717, 1.165) is 38.1 Å². The third kappa shape index (κ3) is 9.08. The van der Waals surface area contributed by atoms with Gasteiger partial charge in [0.2, 0.25) is 0 Å². The van der Waals surface area contributed by atoms with Crippen molar-refractivity contribution in [3.63, 3.8) is 0 Å². The van der Waals surface area contributed by atoms with Gasteiger partial charge in [0.15, 0.2) is 23.9 Å². The van der Waals surface area contributed by atoms with Gasteiger partial charge in [0.25, 0.3) is 0 Å². The Hall–Kier alpha value is -4.56. The van der Waals surface area contributed by atoms with Crippen LogP contribution in [0.2, 0.25) is 10.0 Å². The first-order chi connectivity index (χ1) is 25.7. The topological polar surface area (TPSA) is 122 Å². The van der Waals surface area contributed by atoms with E-state index < -0.39 is 49.1 Å².